The lowest BCUT2D eigenvalue weighted by molar-refractivity contribution is -0.0500. The van der Waals surface area contributed by atoms with E-state index in [1.807, 2.05) is 6.92 Å². The van der Waals surface area contributed by atoms with Crippen molar-refractivity contribution < 1.29 is 30.5 Å². The minimum atomic E-state index is -5.68. The van der Waals surface area contributed by atoms with Crippen molar-refractivity contribution in [3.8, 4) is 11.5 Å². The Kier molecular flexibility index (Phi) is 4.57. The monoisotopic (exact) mass is 339 g/mol. The first-order valence-electron chi connectivity index (χ1n) is 6.61. The summed E-state index contributed by atoms with van der Waals surface area (Å²) in [5, 5.41) is 0. The fraction of sp³-hybridized carbons (Fsp3) is 0.538. The highest BCUT2D eigenvalue weighted by Crippen LogP contribution is 2.35. The fourth-order valence-corrected chi connectivity index (χ4v) is 2.78. The van der Waals surface area contributed by atoms with Crippen LogP contribution < -0.4 is 8.92 Å². The summed E-state index contributed by atoms with van der Waals surface area (Å²) in [5.74, 6) is -0.0686. The van der Waals surface area contributed by atoms with Crippen molar-refractivity contribution in [3.05, 3.63) is 23.3 Å². The number of hydrogen-bond donors (Lipinski definition) is 0. The molecule has 0 fully saturated rings. The van der Waals surface area contributed by atoms with Gasteiger partial charge in [0.05, 0.1) is 7.11 Å². The Labute approximate surface area is 126 Å². The SMILES string of the molecule is CCN1CCc2cc(OS(=O)(=O)C(F)(F)F)cc(OC)c2C1. The predicted molar refractivity (Wildman–Crippen MR) is 73.3 cm³/mol. The molecule has 0 saturated carbocycles. The number of halogens is 3. The van der Waals surface area contributed by atoms with Crippen LogP contribution in [0.5, 0.6) is 11.5 Å². The van der Waals surface area contributed by atoms with Crippen molar-refractivity contribution in [3.63, 3.8) is 0 Å². The maximum absolute atomic E-state index is 12.4. The van der Waals surface area contributed by atoms with Crippen LogP contribution in [0.1, 0.15) is 18.1 Å². The molecular weight excluding hydrogens is 323 g/mol. The van der Waals surface area contributed by atoms with Crippen molar-refractivity contribution in [1.82, 2.24) is 4.90 Å². The average Bonchev–Trinajstić information content (AvgIpc) is 2.44. The Morgan fingerprint density at radius 1 is 1.32 bits per heavy atom. The molecule has 0 amide bonds. The zero-order valence-corrected chi connectivity index (χ0v) is 12.9. The van der Waals surface area contributed by atoms with Gasteiger partial charge in [-0.25, -0.2) is 0 Å². The van der Waals surface area contributed by atoms with Gasteiger partial charge >= 0.3 is 15.6 Å². The number of nitrogens with zero attached hydrogens (tertiary/aromatic N) is 1. The second kappa shape index (κ2) is 5.96. The smallest absolute Gasteiger partial charge is 0.496 e. The molecule has 0 spiro atoms. The van der Waals surface area contributed by atoms with Crippen LogP contribution in [-0.4, -0.2) is 39.0 Å². The van der Waals surface area contributed by atoms with Gasteiger partial charge in [-0.3, -0.25) is 4.90 Å². The Bertz CT molecular complexity index is 641. The molecule has 0 atom stereocenters. The van der Waals surface area contributed by atoms with Crippen LogP contribution in [0, 0.1) is 0 Å². The summed E-state index contributed by atoms with van der Waals surface area (Å²) in [6, 6.07) is 2.50. The molecule has 1 aromatic rings. The van der Waals surface area contributed by atoms with Gasteiger partial charge in [0, 0.05) is 24.7 Å². The Morgan fingerprint density at radius 3 is 2.55 bits per heavy atom. The van der Waals surface area contributed by atoms with Crippen LogP contribution in [0.3, 0.4) is 0 Å². The summed E-state index contributed by atoms with van der Waals surface area (Å²) in [4.78, 5) is 2.15. The fourth-order valence-electron chi connectivity index (χ4n) is 2.33. The zero-order chi connectivity index (χ0) is 16.5. The standard InChI is InChI=1S/C13H16F3NO4S/c1-3-17-5-4-9-6-10(7-12(20-2)11(9)8-17)21-22(18,19)13(14,15)16/h6-7H,3-5,8H2,1-2H3. The van der Waals surface area contributed by atoms with Gasteiger partial charge in [-0.2, -0.15) is 21.6 Å². The maximum atomic E-state index is 12.4. The highest BCUT2D eigenvalue weighted by atomic mass is 32.2. The van der Waals surface area contributed by atoms with E-state index in [4.69, 9.17) is 4.74 Å². The third-order valence-corrected chi connectivity index (χ3v) is 4.49. The molecule has 2 rings (SSSR count). The molecule has 5 nitrogen and oxygen atoms in total. The first-order chi connectivity index (χ1) is 10.2. The van der Waals surface area contributed by atoms with Crippen molar-refractivity contribution in [2.75, 3.05) is 20.2 Å². The molecule has 124 valence electrons. The number of methoxy groups -OCH3 is 1. The molecule has 0 saturated heterocycles. The van der Waals surface area contributed by atoms with Gasteiger partial charge in [-0.15, -0.1) is 0 Å². The predicted octanol–water partition coefficient (Wildman–Crippen LogP) is 2.30. The van der Waals surface area contributed by atoms with E-state index in [1.54, 1.807) is 0 Å². The van der Waals surface area contributed by atoms with E-state index in [0.29, 0.717) is 18.7 Å². The number of hydrogen-bond acceptors (Lipinski definition) is 5. The molecule has 0 bridgehead atoms. The molecule has 1 aromatic carbocycles. The van der Waals surface area contributed by atoms with E-state index in [9.17, 15) is 21.6 Å². The molecule has 9 heteroatoms. The van der Waals surface area contributed by atoms with Gasteiger partial charge < -0.3 is 8.92 Å². The summed E-state index contributed by atoms with van der Waals surface area (Å²) in [5.41, 5.74) is -3.89. The van der Waals surface area contributed by atoms with Gasteiger partial charge in [-0.1, -0.05) is 6.92 Å². The topological polar surface area (TPSA) is 55.8 Å². The van der Waals surface area contributed by atoms with E-state index < -0.39 is 21.4 Å². The van der Waals surface area contributed by atoms with E-state index in [-0.39, 0.29) is 0 Å². The lowest BCUT2D eigenvalue weighted by Gasteiger charge is -2.29. The summed E-state index contributed by atoms with van der Waals surface area (Å²) in [7, 11) is -4.31. The molecule has 0 N–H and O–H groups in total. The van der Waals surface area contributed by atoms with Crippen molar-refractivity contribution in [2.24, 2.45) is 0 Å². The van der Waals surface area contributed by atoms with Gasteiger partial charge in [0.2, 0.25) is 0 Å². The Hall–Kier alpha value is -1.48. The van der Waals surface area contributed by atoms with Gasteiger partial charge in [0.1, 0.15) is 11.5 Å². The van der Waals surface area contributed by atoms with Crippen molar-refractivity contribution in [2.45, 2.75) is 25.4 Å². The third kappa shape index (κ3) is 3.30. The summed E-state index contributed by atoms with van der Waals surface area (Å²) < 4.78 is 68.7. The third-order valence-electron chi connectivity index (χ3n) is 3.51. The highest BCUT2D eigenvalue weighted by molar-refractivity contribution is 7.88. The largest absolute Gasteiger partial charge is 0.534 e. The quantitative estimate of drug-likeness (QED) is 0.622. The molecule has 22 heavy (non-hydrogen) atoms. The van der Waals surface area contributed by atoms with Crippen LogP contribution in [0.15, 0.2) is 12.1 Å². The van der Waals surface area contributed by atoms with E-state index in [0.717, 1.165) is 24.2 Å². The lowest BCUT2D eigenvalue weighted by atomic mass is 9.98. The van der Waals surface area contributed by atoms with E-state index in [1.165, 1.54) is 19.2 Å². The molecular formula is C13H16F3NO4S. The highest BCUT2D eigenvalue weighted by Gasteiger charge is 2.48. The van der Waals surface area contributed by atoms with E-state index >= 15 is 0 Å². The maximum Gasteiger partial charge on any atom is 0.534 e. The van der Waals surface area contributed by atoms with Gasteiger partial charge in [0.25, 0.3) is 0 Å². The molecule has 0 aromatic heterocycles. The minimum Gasteiger partial charge on any atom is -0.496 e. The number of alkyl halides is 3. The summed E-state index contributed by atoms with van der Waals surface area (Å²) in [6.07, 6.45) is 0.586. The first-order valence-corrected chi connectivity index (χ1v) is 8.01. The normalized spacial score (nSPS) is 16.2. The average molecular weight is 339 g/mol. The number of likely N-dealkylation sites (N-methyl/N-ethyl adjacent to an activating group) is 1. The van der Waals surface area contributed by atoms with Crippen LogP contribution in [0.4, 0.5) is 13.2 Å². The lowest BCUT2D eigenvalue weighted by Crippen LogP contribution is -2.31. The molecule has 0 radical (unpaired) electrons. The number of benzene rings is 1. The minimum absolute atomic E-state index is 0.322. The van der Waals surface area contributed by atoms with Gasteiger partial charge in [-0.05, 0) is 24.6 Å². The summed E-state index contributed by atoms with van der Waals surface area (Å²) >= 11 is 0. The van der Waals surface area contributed by atoms with Gasteiger partial charge in [0.15, 0.2) is 0 Å². The zero-order valence-electron chi connectivity index (χ0n) is 12.1. The van der Waals surface area contributed by atoms with Crippen LogP contribution in [0.25, 0.3) is 0 Å². The molecule has 1 aliphatic heterocycles. The number of fused-ring (bicyclic) bond motifs is 1. The Balaban J connectivity index is 2.37. The van der Waals surface area contributed by atoms with Crippen LogP contribution in [0.2, 0.25) is 0 Å². The van der Waals surface area contributed by atoms with Crippen LogP contribution >= 0.6 is 0 Å². The first kappa shape index (κ1) is 16.9. The second-order valence-electron chi connectivity index (χ2n) is 4.87. The Morgan fingerprint density at radius 2 is 2.00 bits per heavy atom. The number of rotatable bonds is 4. The van der Waals surface area contributed by atoms with Crippen LogP contribution in [-0.2, 0) is 23.1 Å². The molecule has 1 aliphatic rings. The van der Waals surface area contributed by atoms with Crippen molar-refractivity contribution >= 4 is 10.1 Å². The molecule has 1 heterocycles. The molecule has 0 aliphatic carbocycles. The summed E-state index contributed by atoms with van der Waals surface area (Å²) in [6.45, 7) is 4.18. The molecule has 0 unspecified atom stereocenters. The second-order valence-corrected chi connectivity index (χ2v) is 6.40. The van der Waals surface area contributed by atoms with E-state index in [2.05, 4.69) is 9.08 Å². The number of ether oxygens (including phenoxy) is 1. The van der Waals surface area contributed by atoms with Crippen molar-refractivity contribution in [1.29, 1.82) is 0 Å².